The first-order valence-electron chi connectivity index (χ1n) is 5.57. The van der Waals surface area contributed by atoms with Gasteiger partial charge < -0.3 is 5.32 Å². The molecule has 0 saturated carbocycles. The predicted molar refractivity (Wildman–Crippen MR) is 71.5 cm³/mol. The van der Waals surface area contributed by atoms with Crippen LogP contribution in [0.5, 0.6) is 0 Å². The molecule has 4 heteroatoms. The van der Waals surface area contributed by atoms with Crippen molar-refractivity contribution in [1.29, 1.82) is 0 Å². The van der Waals surface area contributed by atoms with Crippen LogP contribution in [0.4, 0.5) is 5.69 Å². The molecular weight excluding hydrogens is 234 g/mol. The fourth-order valence-corrected chi connectivity index (χ4v) is 2.06. The van der Waals surface area contributed by atoms with Gasteiger partial charge in [0.15, 0.2) is 0 Å². The van der Waals surface area contributed by atoms with Crippen molar-refractivity contribution in [3.8, 4) is 0 Å². The highest BCUT2D eigenvalue weighted by molar-refractivity contribution is 6.33. The molecule has 0 spiro atoms. The second-order valence-electron chi connectivity index (χ2n) is 4.11. The number of aryl methyl sites for hydroxylation is 2. The molecule has 1 heterocycles. The van der Waals surface area contributed by atoms with E-state index in [-0.39, 0.29) is 0 Å². The smallest absolute Gasteiger partial charge is 0.0646 e. The van der Waals surface area contributed by atoms with Gasteiger partial charge in [0.2, 0.25) is 0 Å². The molecule has 0 unspecified atom stereocenters. The highest BCUT2D eigenvalue weighted by Gasteiger charge is 2.09. The van der Waals surface area contributed by atoms with Crippen molar-refractivity contribution in [2.75, 3.05) is 5.32 Å². The van der Waals surface area contributed by atoms with Crippen LogP contribution in [0, 0.1) is 13.8 Å². The number of rotatable bonds is 3. The van der Waals surface area contributed by atoms with E-state index < -0.39 is 0 Å². The maximum Gasteiger partial charge on any atom is 0.0646 e. The van der Waals surface area contributed by atoms with E-state index in [1.165, 1.54) is 11.3 Å². The zero-order valence-corrected chi connectivity index (χ0v) is 11.0. The number of hydrogen-bond acceptors (Lipinski definition) is 2. The molecule has 1 aromatic carbocycles. The Balaban J connectivity index is 2.15. The molecule has 90 valence electrons. The second-order valence-corrected chi connectivity index (χ2v) is 4.51. The fraction of sp³-hybridized carbons (Fsp3) is 0.308. The minimum absolute atomic E-state index is 0.742. The molecule has 0 bridgehead atoms. The molecule has 1 N–H and O–H groups in total. The van der Waals surface area contributed by atoms with Crippen molar-refractivity contribution < 1.29 is 0 Å². The molecule has 2 aromatic rings. The molecule has 0 aliphatic heterocycles. The molecule has 0 atom stereocenters. The summed E-state index contributed by atoms with van der Waals surface area (Å²) in [5, 5.41) is 8.47. The normalized spacial score (nSPS) is 10.6. The first kappa shape index (κ1) is 12.0. The van der Waals surface area contributed by atoms with Gasteiger partial charge in [0.05, 0.1) is 16.4 Å². The zero-order valence-electron chi connectivity index (χ0n) is 10.3. The molecule has 0 aliphatic rings. The van der Waals surface area contributed by atoms with Gasteiger partial charge in [0.1, 0.15) is 0 Å². The lowest BCUT2D eigenvalue weighted by atomic mass is 10.2. The van der Waals surface area contributed by atoms with Gasteiger partial charge in [-0.25, -0.2) is 0 Å². The maximum absolute atomic E-state index is 6.09. The summed E-state index contributed by atoms with van der Waals surface area (Å²) >= 11 is 6.09. The van der Waals surface area contributed by atoms with Crippen LogP contribution < -0.4 is 5.32 Å². The quantitative estimate of drug-likeness (QED) is 0.905. The molecule has 0 fully saturated rings. The number of anilines is 1. The Morgan fingerprint density at radius 2 is 2.00 bits per heavy atom. The molecule has 0 saturated heterocycles. The molecule has 0 amide bonds. The Hall–Kier alpha value is -1.48. The lowest BCUT2D eigenvalue weighted by Crippen LogP contribution is -2.02. The number of para-hydroxylation sites is 1. The predicted octanol–water partition coefficient (Wildman–Crippen LogP) is 3.30. The molecule has 17 heavy (non-hydrogen) atoms. The Morgan fingerprint density at radius 3 is 2.59 bits per heavy atom. The van der Waals surface area contributed by atoms with Crippen LogP contribution in [0.3, 0.4) is 0 Å². The number of benzene rings is 1. The van der Waals surface area contributed by atoms with Crippen LogP contribution in [-0.2, 0) is 13.6 Å². The molecular formula is C13H16ClN3. The molecule has 2 rings (SSSR count). The lowest BCUT2D eigenvalue weighted by Gasteiger charge is -2.08. The first-order valence-corrected chi connectivity index (χ1v) is 5.95. The summed E-state index contributed by atoms with van der Waals surface area (Å²) in [5.74, 6) is 0. The van der Waals surface area contributed by atoms with Crippen molar-refractivity contribution in [3.63, 3.8) is 0 Å². The van der Waals surface area contributed by atoms with Crippen molar-refractivity contribution in [1.82, 2.24) is 9.78 Å². The molecule has 1 aromatic heterocycles. The summed E-state index contributed by atoms with van der Waals surface area (Å²) in [7, 11) is 1.96. The summed E-state index contributed by atoms with van der Waals surface area (Å²) in [6, 6.07) is 7.75. The first-order chi connectivity index (χ1) is 8.09. The van der Waals surface area contributed by atoms with Gasteiger partial charge in [-0.3, -0.25) is 4.68 Å². The lowest BCUT2D eigenvalue weighted by molar-refractivity contribution is 0.730. The number of nitrogens with zero attached hydrogens (tertiary/aromatic N) is 2. The van der Waals surface area contributed by atoms with E-state index in [9.17, 15) is 0 Å². The SMILES string of the molecule is Cc1nn(C)c(C)c1CNc1ccccc1Cl. The van der Waals surface area contributed by atoms with Crippen molar-refractivity contribution >= 4 is 17.3 Å². The van der Waals surface area contributed by atoms with E-state index in [0.29, 0.717) is 0 Å². The maximum atomic E-state index is 6.09. The van der Waals surface area contributed by atoms with Gasteiger partial charge in [-0.1, -0.05) is 23.7 Å². The molecule has 3 nitrogen and oxygen atoms in total. The van der Waals surface area contributed by atoms with Crippen molar-refractivity contribution in [2.45, 2.75) is 20.4 Å². The van der Waals surface area contributed by atoms with Crippen LogP contribution >= 0.6 is 11.6 Å². The summed E-state index contributed by atoms with van der Waals surface area (Å²) in [4.78, 5) is 0. The van der Waals surface area contributed by atoms with E-state index in [1.54, 1.807) is 0 Å². The largest absolute Gasteiger partial charge is 0.380 e. The minimum Gasteiger partial charge on any atom is -0.380 e. The number of aromatic nitrogens is 2. The van der Waals surface area contributed by atoms with Gasteiger partial charge in [-0.15, -0.1) is 0 Å². The number of nitrogens with one attached hydrogen (secondary N) is 1. The van der Waals surface area contributed by atoms with Crippen LogP contribution in [-0.4, -0.2) is 9.78 Å². The summed E-state index contributed by atoms with van der Waals surface area (Å²) < 4.78 is 1.90. The highest BCUT2D eigenvalue weighted by Crippen LogP contribution is 2.22. The van der Waals surface area contributed by atoms with Gasteiger partial charge in [0, 0.05) is 24.8 Å². The Morgan fingerprint density at radius 1 is 1.29 bits per heavy atom. The van der Waals surface area contributed by atoms with Gasteiger partial charge in [0.25, 0.3) is 0 Å². The van der Waals surface area contributed by atoms with E-state index in [4.69, 9.17) is 11.6 Å². The van der Waals surface area contributed by atoms with Gasteiger partial charge in [-0.2, -0.15) is 5.10 Å². The van der Waals surface area contributed by atoms with Gasteiger partial charge >= 0.3 is 0 Å². The zero-order chi connectivity index (χ0) is 12.4. The number of hydrogen-bond donors (Lipinski definition) is 1. The van der Waals surface area contributed by atoms with Crippen LogP contribution in [0.25, 0.3) is 0 Å². The monoisotopic (exact) mass is 249 g/mol. The Kier molecular flexibility index (Phi) is 3.38. The van der Waals surface area contributed by atoms with Crippen LogP contribution in [0.15, 0.2) is 24.3 Å². The van der Waals surface area contributed by atoms with Crippen LogP contribution in [0.2, 0.25) is 5.02 Å². The average molecular weight is 250 g/mol. The van der Waals surface area contributed by atoms with Crippen molar-refractivity contribution in [2.24, 2.45) is 7.05 Å². The molecule has 0 radical (unpaired) electrons. The third-order valence-corrected chi connectivity index (χ3v) is 3.32. The van der Waals surface area contributed by atoms with E-state index in [2.05, 4.69) is 17.3 Å². The Labute approximate surface area is 106 Å². The third kappa shape index (κ3) is 2.44. The standard InChI is InChI=1S/C13H16ClN3/c1-9-11(10(2)17(3)16-9)8-15-13-7-5-4-6-12(13)14/h4-7,15H,8H2,1-3H3. The Bertz CT molecular complexity index is 531. The van der Waals surface area contributed by atoms with Crippen molar-refractivity contribution in [3.05, 3.63) is 46.2 Å². The molecule has 0 aliphatic carbocycles. The summed E-state index contributed by atoms with van der Waals surface area (Å²) in [6.07, 6.45) is 0. The third-order valence-electron chi connectivity index (χ3n) is 2.99. The van der Waals surface area contributed by atoms with E-state index >= 15 is 0 Å². The van der Waals surface area contributed by atoms with Crippen LogP contribution in [0.1, 0.15) is 17.0 Å². The minimum atomic E-state index is 0.742. The average Bonchev–Trinajstić information content (AvgIpc) is 2.53. The van der Waals surface area contributed by atoms with E-state index in [0.717, 1.165) is 22.9 Å². The highest BCUT2D eigenvalue weighted by atomic mass is 35.5. The summed E-state index contributed by atoms with van der Waals surface area (Å²) in [5.41, 5.74) is 4.43. The second kappa shape index (κ2) is 4.80. The topological polar surface area (TPSA) is 29.9 Å². The summed E-state index contributed by atoms with van der Waals surface area (Å²) in [6.45, 7) is 4.84. The van der Waals surface area contributed by atoms with E-state index in [1.807, 2.05) is 42.9 Å². The van der Waals surface area contributed by atoms with Gasteiger partial charge in [-0.05, 0) is 26.0 Å². The fourth-order valence-electron chi connectivity index (χ4n) is 1.86. The number of halogens is 1.